The van der Waals surface area contributed by atoms with Crippen LogP contribution >= 0.6 is 24.0 Å². The number of aromatic hydroxyl groups is 1. The largest absolute Gasteiger partial charge is 0.505 e. The minimum Gasteiger partial charge on any atom is -0.505 e. The molecule has 3 rings (SSSR count). The van der Waals surface area contributed by atoms with Gasteiger partial charge in [-0.05, 0) is 17.7 Å². The number of phenols is 1. The standard InChI is InChI=1S/C18H23FN6O2.HI/c1-20-18(22-12-13-3-4-15(26)14(19)11-13)25-9-7-24(8-10-25)16-17(27)23(2)6-5-21-16;/h3-6,11,26H,7-10,12H2,1-2H3,(H,20,22);1H. The van der Waals surface area contributed by atoms with E-state index in [0.29, 0.717) is 50.1 Å². The summed E-state index contributed by atoms with van der Waals surface area (Å²) >= 11 is 0. The Hall–Kier alpha value is -2.37. The minimum atomic E-state index is -0.644. The number of hydrogen-bond acceptors (Lipinski definition) is 5. The molecule has 1 aliphatic heterocycles. The van der Waals surface area contributed by atoms with Crippen LogP contribution in [0.25, 0.3) is 0 Å². The predicted octanol–water partition coefficient (Wildman–Crippen LogP) is 1.14. The van der Waals surface area contributed by atoms with Gasteiger partial charge in [0.25, 0.3) is 5.56 Å². The molecule has 1 aromatic carbocycles. The number of benzene rings is 1. The van der Waals surface area contributed by atoms with Crippen LogP contribution in [-0.4, -0.2) is 58.7 Å². The van der Waals surface area contributed by atoms with Crippen molar-refractivity contribution in [3.05, 3.63) is 52.3 Å². The monoisotopic (exact) mass is 502 g/mol. The van der Waals surface area contributed by atoms with Crippen molar-refractivity contribution in [2.45, 2.75) is 6.54 Å². The van der Waals surface area contributed by atoms with Crippen LogP contribution in [0.3, 0.4) is 0 Å². The SMILES string of the molecule is CN=C(NCc1ccc(O)c(F)c1)N1CCN(c2nccn(C)c2=O)CC1.I. The summed E-state index contributed by atoms with van der Waals surface area (Å²) in [7, 11) is 3.41. The second-order valence-electron chi connectivity index (χ2n) is 6.33. The van der Waals surface area contributed by atoms with Gasteiger partial charge in [0, 0.05) is 59.2 Å². The number of nitrogens with one attached hydrogen (secondary N) is 1. The van der Waals surface area contributed by atoms with Crippen molar-refractivity contribution >= 4 is 35.8 Å². The van der Waals surface area contributed by atoms with Crippen LogP contribution < -0.4 is 15.8 Å². The van der Waals surface area contributed by atoms with E-state index >= 15 is 0 Å². The van der Waals surface area contributed by atoms with E-state index in [1.807, 2.05) is 4.90 Å². The Labute approximate surface area is 179 Å². The number of guanidine groups is 1. The molecule has 152 valence electrons. The average molecular weight is 502 g/mol. The third kappa shape index (κ3) is 4.91. The predicted molar refractivity (Wildman–Crippen MR) is 117 cm³/mol. The normalized spacial score (nSPS) is 14.6. The van der Waals surface area contributed by atoms with E-state index in [0.717, 1.165) is 0 Å². The van der Waals surface area contributed by atoms with Gasteiger partial charge in [0.15, 0.2) is 23.3 Å². The first-order valence-electron chi connectivity index (χ1n) is 8.69. The van der Waals surface area contributed by atoms with Crippen molar-refractivity contribution in [2.75, 3.05) is 38.1 Å². The van der Waals surface area contributed by atoms with E-state index in [1.165, 1.54) is 16.7 Å². The lowest BCUT2D eigenvalue weighted by Gasteiger charge is -2.36. The highest BCUT2D eigenvalue weighted by atomic mass is 127. The summed E-state index contributed by atoms with van der Waals surface area (Å²) in [5.74, 6) is 0.161. The number of anilines is 1. The first-order valence-corrected chi connectivity index (χ1v) is 8.69. The molecule has 1 fully saturated rings. The molecule has 2 N–H and O–H groups in total. The van der Waals surface area contributed by atoms with Gasteiger partial charge in [0.05, 0.1) is 0 Å². The Kier molecular flexibility index (Phi) is 7.61. The molecule has 2 aromatic rings. The summed E-state index contributed by atoms with van der Waals surface area (Å²) in [5, 5.41) is 12.5. The molecule has 0 atom stereocenters. The summed E-state index contributed by atoms with van der Waals surface area (Å²) in [5.41, 5.74) is 0.602. The molecule has 0 bridgehead atoms. The number of aryl methyl sites for hydroxylation is 1. The Morgan fingerprint density at radius 1 is 1.32 bits per heavy atom. The van der Waals surface area contributed by atoms with Crippen molar-refractivity contribution in [1.82, 2.24) is 19.8 Å². The Morgan fingerprint density at radius 2 is 2.04 bits per heavy atom. The highest BCUT2D eigenvalue weighted by molar-refractivity contribution is 14.0. The summed E-state index contributed by atoms with van der Waals surface area (Å²) < 4.78 is 15.0. The quantitative estimate of drug-likeness (QED) is 0.372. The van der Waals surface area contributed by atoms with Gasteiger partial charge in [-0.2, -0.15) is 0 Å². The third-order valence-electron chi connectivity index (χ3n) is 4.55. The van der Waals surface area contributed by atoms with E-state index in [-0.39, 0.29) is 35.3 Å². The molecule has 0 aliphatic carbocycles. The van der Waals surface area contributed by atoms with Crippen molar-refractivity contribution in [3.63, 3.8) is 0 Å². The fourth-order valence-corrected chi connectivity index (χ4v) is 3.01. The highest BCUT2D eigenvalue weighted by Crippen LogP contribution is 2.16. The number of halogens is 2. The van der Waals surface area contributed by atoms with Crippen molar-refractivity contribution in [1.29, 1.82) is 0 Å². The van der Waals surface area contributed by atoms with Gasteiger partial charge < -0.3 is 24.8 Å². The molecule has 0 spiro atoms. The van der Waals surface area contributed by atoms with Gasteiger partial charge in [-0.1, -0.05) is 6.07 Å². The topological polar surface area (TPSA) is 86.0 Å². The molecular formula is C18H24FIN6O2. The summed E-state index contributed by atoms with van der Waals surface area (Å²) in [6, 6.07) is 4.29. The molecule has 10 heteroatoms. The lowest BCUT2D eigenvalue weighted by atomic mass is 10.2. The number of phenolic OH excluding ortho intramolecular Hbond substituents is 1. The van der Waals surface area contributed by atoms with Gasteiger partial charge in [-0.25, -0.2) is 9.37 Å². The van der Waals surface area contributed by atoms with Crippen LogP contribution in [0.1, 0.15) is 5.56 Å². The maximum atomic E-state index is 13.4. The van der Waals surface area contributed by atoms with Crippen molar-refractivity contribution in [3.8, 4) is 5.75 Å². The zero-order chi connectivity index (χ0) is 19.4. The van der Waals surface area contributed by atoms with E-state index in [9.17, 15) is 14.3 Å². The molecule has 2 heterocycles. The van der Waals surface area contributed by atoms with Crippen LogP contribution in [0.4, 0.5) is 10.2 Å². The fraction of sp³-hybridized carbons (Fsp3) is 0.389. The van der Waals surface area contributed by atoms with Gasteiger partial charge in [-0.15, -0.1) is 24.0 Å². The molecule has 1 saturated heterocycles. The van der Waals surface area contributed by atoms with Crippen LogP contribution in [0.5, 0.6) is 5.75 Å². The Morgan fingerprint density at radius 3 is 2.68 bits per heavy atom. The molecule has 1 aromatic heterocycles. The van der Waals surface area contributed by atoms with Gasteiger partial charge >= 0.3 is 0 Å². The number of nitrogens with zero attached hydrogens (tertiary/aromatic N) is 5. The van der Waals surface area contributed by atoms with E-state index < -0.39 is 5.82 Å². The molecule has 1 aliphatic rings. The third-order valence-corrected chi connectivity index (χ3v) is 4.55. The number of rotatable bonds is 3. The number of aromatic nitrogens is 2. The molecule has 28 heavy (non-hydrogen) atoms. The zero-order valence-electron chi connectivity index (χ0n) is 15.8. The lowest BCUT2D eigenvalue weighted by molar-refractivity contribution is 0.370. The smallest absolute Gasteiger partial charge is 0.293 e. The maximum Gasteiger partial charge on any atom is 0.293 e. The van der Waals surface area contributed by atoms with Crippen molar-refractivity contribution < 1.29 is 9.50 Å². The second-order valence-corrected chi connectivity index (χ2v) is 6.33. The van der Waals surface area contributed by atoms with Crippen LogP contribution in [0.2, 0.25) is 0 Å². The number of aliphatic imine (C=N–C) groups is 1. The lowest BCUT2D eigenvalue weighted by Crippen LogP contribution is -2.53. The van der Waals surface area contributed by atoms with Crippen LogP contribution in [0.15, 0.2) is 40.4 Å². The van der Waals surface area contributed by atoms with Gasteiger partial charge in [0.1, 0.15) is 0 Å². The summed E-state index contributed by atoms with van der Waals surface area (Å²) in [4.78, 5) is 24.8. The van der Waals surface area contributed by atoms with Gasteiger partial charge in [0.2, 0.25) is 0 Å². The van der Waals surface area contributed by atoms with Crippen molar-refractivity contribution in [2.24, 2.45) is 12.0 Å². The molecule has 0 radical (unpaired) electrons. The highest BCUT2D eigenvalue weighted by Gasteiger charge is 2.22. The van der Waals surface area contributed by atoms with E-state index in [2.05, 4.69) is 20.2 Å². The number of hydrogen-bond donors (Lipinski definition) is 2. The van der Waals surface area contributed by atoms with Gasteiger partial charge in [-0.3, -0.25) is 9.79 Å². The molecule has 0 saturated carbocycles. The first-order chi connectivity index (χ1) is 13.0. The molecule has 0 unspecified atom stereocenters. The average Bonchev–Trinajstić information content (AvgIpc) is 2.68. The van der Waals surface area contributed by atoms with E-state index in [1.54, 1.807) is 32.6 Å². The number of piperazine rings is 1. The molecular weight excluding hydrogens is 478 g/mol. The Bertz CT molecular complexity index is 896. The zero-order valence-corrected chi connectivity index (χ0v) is 18.1. The van der Waals surface area contributed by atoms with E-state index in [4.69, 9.17) is 0 Å². The fourth-order valence-electron chi connectivity index (χ4n) is 3.01. The molecule has 8 nitrogen and oxygen atoms in total. The minimum absolute atomic E-state index is 0. The summed E-state index contributed by atoms with van der Waals surface area (Å²) in [6.45, 7) is 3.07. The second kappa shape index (κ2) is 9.71. The van der Waals surface area contributed by atoms with Crippen LogP contribution in [-0.2, 0) is 13.6 Å². The first kappa shape index (κ1) is 21.9. The Balaban J connectivity index is 0.00000280. The maximum absolute atomic E-state index is 13.4. The molecule has 0 amide bonds. The van der Waals surface area contributed by atoms with Crippen LogP contribution in [0, 0.1) is 5.82 Å². The summed E-state index contributed by atoms with van der Waals surface area (Å²) in [6.07, 6.45) is 3.26.